The van der Waals surface area contributed by atoms with E-state index in [2.05, 4.69) is 42.5 Å². The van der Waals surface area contributed by atoms with Crippen LogP contribution in [-0.4, -0.2) is 40.9 Å². The van der Waals surface area contributed by atoms with Crippen molar-refractivity contribution in [2.24, 2.45) is 4.99 Å². The molecule has 1 aliphatic rings. The maximum absolute atomic E-state index is 5.92. The molecule has 6 nitrogen and oxygen atoms in total. The smallest absolute Gasteiger partial charge is 0.190 e. The molecule has 0 saturated heterocycles. The van der Waals surface area contributed by atoms with E-state index in [-0.39, 0.29) is 24.0 Å². The topological polar surface area (TPSA) is 67.1 Å². The molecule has 0 radical (unpaired) electrons. The molecule has 2 heterocycles. The number of benzene rings is 1. The predicted octanol–water partition coefficient (Wildman–Crippen LogP) is 3.62. The number of hydrogen-bond donors (Lipinski definition) is 2. The van der Waals surface area contributed by atoms with Crippen LogP contribution >= 0.6 is 35.6 Å². The largest absolute Gasteiger partial charge is 0.356 e. The van der Waals surface area contributed by atoms with Crippen LogP contribution in [0, 0.1) is 0 Å². The number of nitrogens with one attached hydrogen (secondary N) is 2. The number of aliphatic imine (C=N–C) groups is 1. The summed E-state index contributed by atoms with van der Waals surface area (Å²) in [7, 11) is 1.80. The molecule has 0 bridgehead atoms. The van der Waals surface area contributed by atoms with Gasteiger partial charge in [-0.3, -0.25) is 4.99 Å². The molecular formula is C20H30ClIN6. The van der Waals surface area contributed by atoms with Gasteiger partial charge in [0.1, 0.15) is 11.6 Å². The van der Waals surface area contributed by atoms with E-state index >= 15 is 0 Å². The van der Waals surface area contributed by atoms with E-state index in [0.29, 0.717) is 0 Å². The second-order valence-corrected chi connectivity index (χ2v) is 7.34. The van der Waals surface area contributed by atoms with E-state index in [1.54, 1.807) is 7.05 Å². The monoisotopic (exact) mass is 516 g/mol. The van der Waals surface area contributed by atoms with Crippen molar-refractivity contribution >= 4 is 41.5 Å². The van der Waals surface area contributed by atoms with Crippen LogP contribution in [0.5, 0.6) is 0 Å². The highest BCUT2D eigenvalue weighted by molar-refractivity contribution is 14.0. The van der Waals surface area contributed by atoms with Gasteiger partial charge >= 0.3 is 0 Å². The molecule has 154 valence electrons. The van der Waals surface area contributed by atoms with Crippen molar-refractivity contribution in [3.05, 3.63) is 46.5 Å². The van der Waals surface area contributed by atoms with Crippen molar-refractivity contribution in [3.63, 3.8) is 0 Å². The molecule has 2 aromatic rings. The van der Waals surface area contributed by atoms with E-state index < -0.39 is 0 Å². The van der Waals surface area contributed by atoms with Gasteiger partial charge in [-0.1, -0.05) is 30.2 Å². The Morgan fingerprint density at radius 3 is 2.64 bits per heavy atom. The van der Waals surface area contributed by atoms with Crippen LogP contribution in [0.15, 0.2) is 29.3 Å². The molecule has 8 heteroatoms. The highest BCUT2D eigenvalue weighted by Gasteiger charge is 2.14. The summed E-state index contributed by atoms with van der Waals surface area (Å²) < 4.78 is 2.33. The van der Waals surface area contributed by atoms with Crippen LogP contribution in [0.4, 0.5) is 0 Å². The van der Waals surface area contributed by atoms with Gasteiger partial charge in [0.25, 0.3) is 0 Å². The SMILES string of the molecule is CN=C(NCCCc1nnc2n1CCCCC2)NCCc1ccc(Cl)cc1.I. The number of hydrogen-bond acceptors (Lipinski definition) is 3. The molecule has 0 spiro atoms. The van der Waals surface area contributed by atoms with E-state index in [0.717, 1.165) is 67.9 Å². The highest BCUT2D eigenvalue weighted by Crippen LogP contribution is 2.15. The van der Waals surface area contributed by atoms with Gasteiger partial charge in [-0.05, 0) is 43.4 Å². The van der Waals surface area contributed by atoms with Crippen LogP contribution in [0.1, 0.15) is 42.9 Å². The zero-order valence-electron chi connectivity index (χ0n) is 16.5. The number of rotatable bonds is 7. The van der Waals surface area contributed by atoms with Crippen molar-refractivity contribution in [1.82, 2.24) is 25.4 Å². The number of halogens is 2. The fraction of sp³-hybridized carbons (Fsp3) is 0.550. The third kappa shape index (κ3) is 6.92. The highest BCUT2D eigenvalue weighted by atomic mass is 127. The normalized spacial score (nSPS) is 14.0. The second-order valence-electron chi connectivity index (χ2n) is 6.90. The molecule has 0 saturated carbocycles. The van der Waals surface area contributed by atoms with Crippen LogP contribution in [0.25, 0.3) is 0 Å². The van der Waals surface area contributed by atoms with E-state index in [9.17, 15) is 0 Å². The van der Waals surface area contributed by atoms with Gasteiger partial charge in [0.05, 0.1) is 0 Å². The first-order valence-electron chi connectivity index (χ1n) is 9.86. The van der Waals surface area contributed by atoms with Gasteiger partial charge < -0.3 is 15.2 Å². The Labute approximate surface area is 189 Å². The van der Waals surface area contributed by atoms with Crippen molar-refractivity contribution in [1.29, 1.82) is 0 Å². The summed E-state index contributed by atoms with van der Waals surface area (Å²) in [4.78, 5) is 4.29. The quantitative estimate of drug-likeness (QED) is 0.255. The molecule has 1 aliphatic heterocycles. The van der Waals surface area contributed by atoms with Gasteiger partial charge in [0, 0.05) is 44.5 Å². The lowest BCUT2D eigenvalue weighted by Crippen LogP contribution is -2.38. The zero-order valence-corrected chi connectivity index (χ0v) is 19.5. The van der Waals surface area contributed by atoms with Gasteiger partial charge in [-0.25, -0.2) is 0 Å². The Morgan fingerprint density at radius 2 is 1.86 bits per heavy atom. The Kier molecular flexibility index (Phi) is 10.0. The lowest BCUT2D eigenvalue weighted by molar-refractivity contribution is 0.594. The number of aryl methyl sites for hydroxylation is 2. The minimum Gasteiger partial charge on any atom is -0.356 e. The Bertz CT molecular complexity index is 744. The molecule has 2 N–H and O–H groups in total. The average Bonchev–Trinajstić information content (AvgIpc) is 2.91. The number of fused-ring (bicyclic) bond motifs is 1. The van der Waals surface area contributed by atoms with Crippen molar-refractivity contribution < 1.29 is 0 Å². The lowest BCUT2D eigenvalue weighted by atomic mass is 10.1. The minimum atomic E-state index is 0. The van der Waals surface area contributed by atoms with Gasteiger partial charge in [-0.15, -0.1) is 34.2 Å². The molecule has 0 aliphatic carbocycles. The van der Waals surface area contributed by atoms with Crippen LogP contribution in [0.3, 0.4) is 0 Å². The molecule has 1 aromatic carbocycles. The van der Waals surface area contributed by atoms with E-state index in [1.165, 1.54) is 24.8 Å². The maximum atomic E-state index is 5.92. The standard InChI is InChI=1S/C20H29ClN6.HI/c1-22-20(24-14-12-16-8-10-17(21)11-9-16)23-13-5-7-19-26-25-18-6-3-2-4-15-27(18)19;/h8-11H,2-7,12-15H2,1H3,(H2,22,23,24);1H. The number of nitrogens with zero attached hydrogens (tertiary/aromatic N) is 4. The average molecular weight is 517 g/mol. The van der Waals surface area contributed by atoms with E-state index in [1.807, 2.05) is 12.1 Å². The Morgan fingerprint density at radius 1 is 1.07 bits per heavy atom. The molecule has 0 unspecified atom stereocenters. The fourth-order valence-electron chi connectivity index (χ4n) is 3.38. The molecule has 3 rings (SSSR count). The summed E-state index contributed by atoms with van der Waals surface area (Å²) in [6, 6.07) is 7.97. The maximum Gasteiger partial charge on any atom is 0.190 e. The molecule has 1 aromatic heterocycles. The third-order valence-corrected chi connectivity index (χ3v) is 5.15. The molecule has 0 atom stereocenters. The molecule has 28 heavy (non-hydrogen) atoms. The molecule has 0 amide bonds. The number of guanidine groups is 1. The first-order valence-corrected chi connectivity index (χ1v) is 10.2. The minimum absolute atomic E-state index is 0. The third-order valence-electron chi connectivity index (χ3n) is 4.90. The van der Waals surface area contributed by atoms with Gasteiger partial charge in [0.15, 0.2) is 5.96 Å². The first kappa shape index (κ1) is 22.9. The summed E-state index contributed by atoms with van der Waals surface area (Å²) in [5, 5.41) is 16.3. The summed E-state index contributed by atoms with van der Waals surface area (Å²) in [5.74, 6) is 3.12. The summed E-state index contributed by atoms with van der Waals surface area (Å²) in [5.41, 5.74) is 1.26. The van der Waals surface area contributed by atoms with Crippen molar-refractivity contribution in [2.45, 2.75) is 51.5 Å². The second kappa shape index (κ2) is 12.3. The van der Waals surface area contributed by atoms with Gasteiger partial charge in [-0.2, -0.15) is 0 Å². The fourth-order valence-corrected chi connectivity index (χ4v) is 3.51. The van der Waals surface area contributed by atoms with Crippen LogP contribution < -0.4 is 10.6 Å². The first-order chi connectivity index (χ1) is 13.3. The van der Waals surface area contributed by atoms with Crippen LogP contribution in [0.2, 0.25) is 5.02 Å². The number of aromatic nitrogens is 3. The zero-order chi connectivity index (χ0) is 18.9. The summed E-state index contributed by atoms with van der Waals surface area (Å²) in [6.45, 7) is 2.76. The Hall–Kier alpha value is -1.35. The summed E-state index contributed by atoms with van der Waals surface area (Å²) >= 11 is 5.92. The van der Waals surface area contributed by atoms with Gasteiger partial charge in [0.2, 0.25) is 0 Å². The predicted molar refractivity (Wildman–Crippen MR) is 126 cm³/mol. The van der Waals surface area contributed by atoms with E-state index in [4.69, 9.17) is 11.6 Å². The van der Waals surface area contributed by atoms with Crippen molar-refractivity contribution in [3.8, 4) is 0 Å². The lowest BCUT2D eigenvalue weighted by Gasteiger charge is -2.12. The molecule has 0 fully saturated rings. The molecular weight excluding hydrogens is 487 g/mol. The summed E-state index contributed by atoms with van der Waals surface area (Å²) in [6.07, 6.45) is 7.72. The Balaban J connectivity index is 0.00000280. The van der Waals surface area contributed by atoms with Crippen molar-refractivity contribution in [2.75, 3.05) is 20.1 Å². The van der Waals surface area contributed by atoms with Crippen LogP contribution in [-0.2, 0) is 25.8 Å².